The third kappa shape index (κ3) is 5.64. The molecule has 0 atom stereocenters. The Hall–Kier alpha value is -1.62. The maximum Gasteiger partial charge on any atom is 0.315 e. The molecule has 0 unspecified atom stereocenters. The summed E-state index contributed by atoms with van der Waals surface area (Å²) in [5, 5.41) is 5.88. The Morgan fingerprint density at radius 1 is 1.36 bits per heavy atom. The summed E-state index contributed by atoms with van der Waals surface area (Å²) >= 11 is 0. The molecule has 0 radical (unpaired) electrons. The van der Waals surface area contributed by atoms with E-state index in [9.17, 15) is 9.18 Å². The Morgan fingerprint density at radius 2 is 2.14 bits per heavy atom. The van der Waals surface area contributed by atoms with Gasteiger partial charge in [-0.15, -0.1) is 0 Å². The number of hydrogen-bond donors (Lipinski definition) is 2. The van der Waals surface area contributed by atoms with Gasteiger partial charge in [0.1, 0.15) is 5.82 Å². The van der Waals surface area contributed by atoms with Crippen LogP contribution in [-0.2, 0) is 6.42 Å². The van der Waals surface area contributed by atoms with Crippen LogP contribution in [-0.4, -0.2) is 43.2 Å². The Bertz CT molecular complexity index is 473. The highest BCUT2D eigenvalue weighted by molar-refractivity contribution is 5.74. The van der Waals surface area contributed by atoms with Crippen LogP contribution in [0.2, 0.25) is 0 Å². The predicted molar refractivity (Wildman–Crippen MR) is 86.4 cm³/mol. The van der Waals surface area contributed by atoms with Crippen molar-refractivity contribution >= 4 is 6.03 Å². The number of nitrogens with one attached hydrogen (secondary N) is 2. The highest BCUT2D eigenvalue weighted by Gasteiger charge is 2.19. The SMILES string of the molecule is CCCN1CCC(NC(=O)NCCc2cccc(F)c2)CC1. The van der Waals surface area contributed by atoms with Crippen LogP contribution in [0.5, 0.6) is 0 Å². The summed E-state index contributed by atoms with van der Waals surface area (Å²) in [6.45, 7) is 5.97. The second-order valence-corrected chi connectivity index (χ2v) is 5.90. The van der Waals surface area contributed by atoms with E-state index in [1.807, 2.05) is 6.07 Å². The molecule has 0 spiro atoms. The standard InChI is InChI=1S/C17H26FN3O/c1-2-10-21-11-7-16(8-12-21)20-17(22)19-9-6-14-4-3-5-15(18)13-14/h3-5,13,16H,2,6-12H2,1H3,(H2,19,20,22). The van der Waals surface area contributed by atoms with Crippen molar-refractivity contribution in [1.82, 2.24) is 15.5 Å². The van der Waals surface area contributed by atoms with Crippen LogP contribution in [0.3, 0.4) is 0 Å². The number of benzene rings is 1. The van der Waals surface area contributed by atoms with Crippen LogP contribution in [0.1, 0.15) is 31.7 Å². The number of carbonyl (C=O) groups is 1. The number of likely N-dealkylation sites (tertiary alicyclic amines) is 1. The average Bonchev–Trinajstić information content (AvgIpc) is 2.50. The lowest BCUT2D eigenvalue weighted by Gasteiger charge is -2.32. The monoisotopic (exact) mass is 307 g/mol. The van der Waals surface area contributed by atoms with Crippen molar-refractivity contribution in [3.05, 3.63) is 35.6 Å². The van der Waals surface area contributed by atoms with E-state index in [1.54, 1.807) is 6.07 Å². The van der Waals surface area contributed by atoms with Crippen molar-refractivity contribution in [2.75, 3.05) is 26.2 Å². The molecule has 1 aromatic carbocycles. The quantitative estimate of drug-likeness (QED) is 0.848. The fourth-order valence-electron chi connectivity index (χ4n) is 2.87. The van der Waals surface area contributed by atoms with E-state index in [4.69, 9.17) is 0 Å². The zero-order chi connectivity index (χ0) is 15.8. The Kier molecular flexibility index (Phi) is 6.65. The van der Waals surface area contributed by atoms with Crippen LogP contribution < -0.4 is 10.6 Å². The molecule has 2 rings (SSSR count). The number of carbonyl (C=O) groups excluding carboxylic acids is 1. The molecule has 0 saturated carbocycles. The summed E-state index contributed by atoms with van der Waals surface area (Å²) < 4.78 is 13.0. The first-order valence-electron chi connectivity index (χ1n) is 8.18. The van der Waals surface area contributed by atoms with E-state index in [0.717, 1.165) is 38.0 Å². The minimum atomic E-state index is -0.235. The van der Waals surface area contributed by atoms with Crippen LogP contribution in [0.25, 0.3) is 0 Å². The molecule has 5 heteroatoms. The summed E-state index contributed by atoms with van der Waals surface area (Å²) in [4.78, 5) is 14.3. The first kappa shape index (κ1) is 16.7. The van der Waals surface area contributed by atoms with Crippen molar-refractivity contribution in [3.63, 3.8) is 0 Å². The molecule has 1 aliphatic rings. The molecule has 1 saturated heterocycles. The van der Waals surface area contributed by atoms with Crippen molar-refractivity contribution in [1.29, 1.82) is 0 Å². The van der Waals surface area contributed by atoms with Crippen LogP contribution >= 0.6 is 0 Å². The third-order valence-corrected chi connectivity index (χ3v) is 4.05. The molecule has 4 nitrogen and oxygen atoms in total. The molecule has 1 aromatic rings. The van der Waals surface area contributed by atoms with Crippen molar-refractivity contribution in [2.45, 2.75) is 38.6 Å². The number of halogens is 1. The van der Waals surface area contributed by atoms with Gasteiger partial charge in [-0.25, -0.2) is 9.18 Å². The van der Waals surface area contributed by atoms with Gasteiger partial charge in [-0.2, -0.15) is 0 Å². The second-order valence-electron chi connectivity index (χ2n) is 5.90. The molecule has 1 aliphatic heterocycles. The lowest BCUT2D eigenvalue weighted by molar-refractivity contribution is 0.192. The van der Waals surface area contributed by atoms with Crippen LogP contribution in [0.15, 0.2) is 24.3 Å². The highest BCUT2D eigenvalue weighted by atomic mass is 19.1. The zero-order valence-electron chi connectivity index (χ0n) is 13.3. The Labute approximate surface area is 132 Å². The van der Waals surface area contributed by atoms with Gasteiger partial charge in [-0.05, 0) is 49.9 Å². The Balaban J connectivity index is 1.62. The fourth-order valence-corrected chi connectivity index (χ4v) is 2.87. The summed E-state index contributed by atoms with van der Waals surface area (Å²) in [6, 6.07) is 6.63. The minimum absolute atomic E-state index is 0.120. The van der Waals surface area contributed by atoms with Gasteiger partial charge in [0.2, 0.25) is 0 Å². The average molecular weight is 307 g/mol. The number of hydrogen-bond acceptors (Lipinski definition) is 2. The minimum Gasteiger partial charge on any atom is -0.338 e. The summed E-state index contributed by atoms with van der Waals surface area (Å²) in [5.74, 6) is -0.235. The molecule has 0 aliphatic carbocycles. The van der Waals surface area contributed by atoms with E-state index in [1.165, 1.54) is 18.6 Å². The zero-order valence-corrected chi connectivity index (χ0v) is 13.3. The largest absolute Gasteiger partial charge is 0.338 e. The van der Waals surface area contributed by atoms with E-state index < -0.39 is 0 Å². The molecular formula is C17H26FN3O. The van der Waals surface area contributed by atoms with E-state index in [2.05, 4.69) is 22.5 Å². The summed E-state index contributed by atoms with van der Waals surface area (Å²) in [5.41, 5.74) is 0.896. The van der Waals surface area contributed by atoms with Gasteiger partial charge in [-0.1, -0.05) is 19.1 Å². The van der Waals surface area contributed by atoms with Crippen molar-refractivity contribution in [3.8, 4) is 0 Å². The van der Waals surface area contributed by atoms with E-state index >= 15 is 0 Å². The molecule has 22 heavy (non-hydrogen) atoms. The van der Waals surface area contributed by atoms with Gasteiger partial charge < -0.3 is 15.5 Å². The normalized spacial score (nSPS) is 16.5. The summed E-state index contributed by atoms with van der Waals surface area (Å²) in [6.07, 6.45) is 3.84. The lowest BCUT2D eigenvalue weighted by atomic mass is 10.1. The molecule has 122 valence electrons. The number of piperidine rings is 1. The van der Waals surface area contributed by atoms with Gasteiger partial charge in [0.15, 0.2) is 0 Å². The molecular weight excluding hydrogens is 281 g/mol. The number of urea groups is 1. The summed E-state index contributed by atoms with van der Waals surface area (Å²) in [7, 11) is 0. The Morgan fingerprint density at radius 3 is 2.82 bits per heavy atom. The van der Waals surface area contributed by atoms with Gasteiger partial charge >= 0.3 is 6.03 Å². The molecule has 2 amide bonds. The van der Waals surface area contributed by atoms with Gasteiger partial charge in [0.05, 0.1) is 0 Å². The van der Waals surface area contributed by atoms with Gasteiger partial charge in [-0.3, -0.25) is 0 Å². The topological polar surface area (TPSA) is 44.4 Å². The molecule has 0 aromatic heterocycles. The van der Waals surface area contributed by atoms with Gasteiger partial charge in [0.25, 0.3) is 0 Å². The number of nitrogens with zero attached hydrogens (tertiary/aromatic N) is 1. The van der Waals surface area contributed by atoms with Crippen LogP contribution in [0.4, 0.5) is 9.18 Å². The first-order chi connectivity index (χ1) is 10.7. The van der Waals surface area contributed by atoms with Crippen molar-refractivity contribution in [2.24, 2.45) is 0 Å². The van der Waals surface area contributed by atoms with Crippen LogP contribution in [0, 0.1) is 5.82 Å². The molecule has 2 N–H and O–H groups in total. The molecule has 1 heterocycles. The predicted octanol–water partition coefficient (Wildman–Crippen LogP) is 2.54. The van der Waals surface area contributed by atoms with E-state index in [-0.39, 0.29) is 17.9 Å². The molecule has 0 bridgehead atoms. The maximum absolute atomic E-state index is 13.0. The fraction of sp³-hybridized carbons (Fsp3) is 0.588. The molecule has 1 fully saturated rings. The maximum atomic E-state index is 13.0. The third-order valence-electron chi connectivity index (χ3n) is 4.05. The van der Waals surface area contributed by atoms with E-state index in [0.29, 0.717) is 13.0 Å². The second kappa shape index (κ2) is 8.73. The van der Waals surface area contributed by atoms with Crippen molar-refractivity contribution < 1.29 is 9.18 Å². The lowest BCUT2D eigenvalue weighted by Crippen LogP contribution is -2.48. The number of amides is 2. The number of rotatable bonds is 6. The first-order valence-corrected chi connectivity index (χ1v) is 8.18. The smallest absolute Gasteiger partial charge is 0.315 e. The van der Waals surface area contributed by atoms with Gasteiger partial charge in [0, 0.05) is 25.7 Å². The highest BCUT2D eigenvalue weighted by Crippen LogP contribution is 2.10.